The maximum Gasteiger partial charge on any atom is 0.412 e. The van der Waals surface area contributed by atoms with Crippen LogP contribution in [0.3, 0.4) is 0 Å². The molecule has 1 aromatic carbocycles. The van der Waals surface area contributed by atoms with Crippen molar-refractivity contribution in [2.45, 2.75) is 4.90 Å². The predicted octanol–water partition coefficient (Wildman–Crippen LogP) is 1.61. The average Bonchev–Trinajstić information content (AvgIpc) is 2.35. The first-order chi connectivity index (χ1) is 8.80. The molecule has 0 aliphatic heterocycles. The van der Waals surface area contributed by atoms with E-state index < -0.39 is 16.1 Å². The lowest BCUT2D eigenvalue weighted by Crippen LogP contribution is -2.29. The molecule has 0 atom stereocenters. The van der Waals surface area contributed by atoms with E-state index in [1.807, 2.05) is 0 Å². The summed E-state index contributed by atoms with van der Waals surface area (Å²) in [5, 5.41) is 9.03. The van der Waals surface area contributed by atoms with Crippen molar-refractivity contribution in [3.05, 3.63) is 36.9 Å². The maximum absolute atomic E-state index is 11.9. The van der Waals surface area contributed by atoms with E-state index in [9.17, 15) is 13.2 Å². The first kappa shape index (κ1) is 15.2. The van der Waals surface area contributed by atoms with E-state index in [4.69, 9.17) is 5.11 Å². The number of rotatable bonds is 5. The van der Waals surface area contributed by atoms with Crippen molar-refractivity contribution in [2.24, 2.45) is 0 Å². The molecule has 0 aliphatic carbocycles. The smallest absolute Gasteiger partial charge is 0.412 e. The van der Waals surface area contributed by atoms with Crippen LogP contribution < -0.4 is 4.90 Å². The maximum atomic E-state index is 11.9. The van der Waals surface area contributed by atoms with Crippen LogP contribution >= 0.6 is 0 Å². The van der Waals surface area contributed by atoms with Gasteiger partial charge in [0, 0.05) is 26.3 Å². The minimum atomic E-state index is -3.50. The molecule has 0 aliphatic rings. The molecular formula is C12H16N2O4S. The first-order valence-electron chi connectivity index (χ1n) is 5.44. The lowest BCUT2D eigenvalue weighted by Gasteiger charge is -2.18. The van der Waals surface area contributed by atoms with Crippen LogP contribution in [-0.2, 0) is 10.0 Å². The van der Waals surface area contributed by atoms with Crippen LogP contribution in [0, 0.1) is 0 Å². The molecule has 0 bridgehead atoms. The summed E-state index contributed by atoms with van der Waals surface area (Å²) in [5.41, 5.74) is 0.394. The molecular weight excluding hydrogens is 268 g/mol. The molecule has 0 aromatic heterocycles. The van der Waals surface area contributed by atoms with Gasteiger partial charge in [-0.15, -0.1) is 6.58 Å². The highest BCUT2D eigenvalue weighted by atomic mass is 32.2. The van der Waals surface area contributed by atoms with Gasteiger partial charge in [-0.3, -0.25) is 4.90 Å². The van der Waals surface area contributed by atoms with Crippen molar-refractivity contribution >= 4 is 21.8 Å². The molecule has 0 radical (unpaired) electrons. The third kappa shape index (κ3) is 3.33. The van der Waals surface area contributed by atoms with Gasteiger partial charge in [0.2, 0.25) is 10.0 Å². The highest BCUT2D eigenvalue weighted by molar-refractivity contribution is 7.89. The van der Waals surface area contributed by atoms with Crippen LogP contribution in [0.1, 0.15) is 0 Å². The summed E-state index contributed by atoms with van der Waals surface area (Å²) >= 11 is 0. The Hall–Kier alpha value is -1.86. The van der Waals surface area contributed by atoms with Gasteiger partial charge >= 0.3 is 6.09 Å². The van der Waals surface area contributed by atoms with Crippen LogP contribution in [-0.4, -0.2) is 44.6 Å². The Kier molecular flexibility index (Phi) is 4.68. The number of benzene rings is 1. The Morgan fingerprint density at radius 3 is 2.21 bits per heavy atom. The second kappa shape index (κ2) is 5.85. The minimum absolute atomic E-state index is 0.116. The zero-order chi connectivity index (χ0) is 14.6. The van der Waals surface area contributed by atoms with E-state index in [2.05, 4.69) is 6.58 Å². The quantitative estimate of drug-likeness (QED) is 0.833. The number of hydrogen-bond donors (Lipinski definition) is 1. The number of amides is 1. The SMILES string of the molecule is C=CCN(C(=O)O)c1ccc(S(=O)(=O)N(C)C)cc1. The van der Waals surface area contributed by atoms with Gasteiger partial charge in [0.25, 0.3) is 0 Å². The van der Waals surface area contributed by atoms with E-state index in [1.54, 1.807) is 0 Å². The largest absolute Gasteiger partial charge is 0.465 e. The predicted molar refractivity (Wildman–Crippen MR) is 72.9 cm³/mol. The minimum Gasteiger partial charge on any atom is -0.465 e. The molecule has 1 rings (SSSR count). The third-order valence-corrected chi connectivity index (χ3v) is 4.30. The molecule has 0 unspecified atom stereocenters. The third-order valence-electron chi connectivity index (χ3n) is 2.47. The van der Waals surface area contributed by atoms with Crippen LogP contribution in [0.15, 0.2) is 41.8 Å². The van der Waals surface area contributed by atoms with Crippen molar-refractivity contribution in [2.75, 3.05) is 25.5 Å². The lowest BCUT2D eigenvalue weighted by atomic mass is 10.3. The second-order valence-corrected chi connectivity index (χ2v) is 6.12. The van der Waals surface area contributed by atoms with Gasteiger partial charge in [-0.25, -0.2) is 17.5 Å². The molecule has 19 heavy (non-hydrogen) atoms. The zero-order valence-corrected chi connectivity index (χ0v) is 11.6. The number of anilines is 1. The fraction of sp³-hybridized carbons (Fsp3) is 0.250. The van der Waals surface area contributed by atoms with Gasteiger partial charge in [0.1, 0.15) is 0 Å². The number of carboxylic acid groups (broad SMARTS) is 1. The van der Waals surface area contributed by atoms with Crippen molar-refractivity contribution in [1.82, 2.24) is 4.31 Å². The summed E-state index contributed by atoms with van der Waals surface area (Å²) in [6, 6.07) is 5.66. The number of hydrogen-bond acceptors (Lipinski definition) is 3. The van der Waals surface area contributed by atoms with Gasteiger partial charge in [0.05, 0.1) is 4.90 Å². The molecule has 1 amide bonds. The Morgan fingerprint density at radius 2 is 1.84 bits per heavy atom. The van der Waals surface area contributed by atoms with Gasteiger partial charge in [-0.2, -0.15) is 0 Å². The molecule has 0 saturated carbocycles. The number of nitrogens with zero attached hydrogens (tertiary/aromatic N) is 2. The van der Waals surface area contributed by atoms with Gasteiger partial charge < -0.3 is 5.11 Å². The fourth-order valence-electron chi connectivity index (χ4n) is 1.43. The monoisotopic (exact) mass is 284 g/mol. The number of carbonyl (C=O) groups is 1. The van der Waals surface area contributed by atoms with Crippen molar-refractivity contribution in [1.29, 1.82) is 0 Å². The van der Waals surface area contributed by atoms with E-state index in [-0.39, 0.29) is 11.4 Å². The molecule has 6 nitrogen and oxygen atoms in total. The average molecular weight is 284 g/mol. The fourth-order valence-corrected chi connectivity index (χ4v) is 2.33. The summed E-state index contributed by atoms with van der Waals surface area (Å²) < 4.78 is 24.8. The van der Waals surface area contributed by atoms with Gasteiger partial charge in [0.15, 0.2) is 0 Å². The highest BCUT2D eigenvalue weighted by Crippen LogP contribution is 2.19. The van der Waals surface area contributed by atoms with E-state index >= 15 is 0 Å². The molecule has 0 fully saturated rings. The van der Waals surface area contributed by atoms with Gasteiger partial charge in [-0.1, -0.05) is 6.08 Å². The zero-order valence-electron chi connectivity index (χ0n) is 10.8. The Bertz CT molecular complexity index is 564. The standard InChI is InChI=1S/C12H16N2O4S/c1-4-9-14(12(15)16)10-5-7-11(8-6-10)19(17,18)13(2)3/h4-8H,1,9H2,2-3H3,(H,15,16). The first-order valence-corrected chi connectivity index (χ1v) is 6.88. The summed E-state index contributed by atoms with van der Waals surface area (Å²) in [6.45, 7) is 3.61. The van der Waals surface area contributed by atoms with E-state index in [0.29, 0.717) is 5.69 Å². The van der Waals surface area contributed by atoms with Crippen LogP contribution in [0.25, 0.3) is 0 Å². The second-order valence-electron chi connectivity index (χ2n) is 3.96. The Morgan fingerprint density at radius 1 is 1.32 bits per heavy atom. The molecule has 104 valence electrons. The Balaban J connectivity index is 3.12. The molecule has 1 aromatic rings. The summed E-state index contributed by atoms with van der Waals surface area (Å²) in [7, 11) is -0.635. The van der Waals surface area contributed by atoms with Gasteiger partial charge in [-0.05, 0) is 24.3 Å². The van der Waals surface area contributed by atoms with Crippen LogP contribution in [0.2, 0.25) is 0 Å². The topological polar surface area (TPSA) is 77.9 Å². The molecule has 1 N–H and O–H groups in total. The highest BCUT2D eigenvalue weighted by Gasteiger charge is 2.18. The number of sulfonamides is 1. The molecule has 0 saturated heterocycles. The summed E-state index contributed by atoms with van der Waals surface area (Å²) in [5.74, 6) is 0. The summed E-state index contributed by atoms with van der Waals surface area (Å²) in [6.07, 6.45) is 0.335. The van der Waals surface area contributed by atoms with Crippen LogP contribution in [0.5, 0.6) is 0 Å². The summed E-state index contributed by atoms with van der Waals surface area (Å²) in [4.78, 5) is 12.2. The van der Waals surface area contributed by atoms with Crippen LogP contribution in [0.4, 0.5) is 10.5 Å². The molecule has 7 heteroatoms. The van der Waals surface area contributed by atoms with E-state index in [1.165, 1.54) is 44.4 Å². The van der Waals surface area contributed by atoms with Crippen molar-refractivity contribution < 1.29 is 18.3 Å². The van der Waals surface area contributed by atoms with Crippen molar-refractivity contribution in [3.63, 3.8) is 0 Å². The van der Waals surface area contributed by atoms with E-state index in [0.717, 1.165) is 9.21 Å². The molecule has 0 spiro atoms. The Labute approximate surface area is 112 Å². The van der Waals surface area contributed by atoms with Crippen molar-refractivity contribution in [3.8, 4) is 0 Å². The molecule has 0 heterocycles. The normalized spacial score (nSPS) is 11.3. The lowest BCUT2D eigenvalue weighted by molar-refractivity contribution is 0.202.